The number of hydrogen-bond donors (Lipinski definition) is 1. The molecule has 0 radical (unpaired) electrons. The van der Waals surface area contributed by atoms with Crippen LogP contribution in [0.4, 0.5) is 0 Å². The van der Waals surface area contributed by atoms with E-state index in [4.69, 9.17) is 14.0 Å². The van der Waals surface area contributed by atoms with E-state index >= 15 is 0 Å². The number of rotatable bonds is 10. The van der Waals surface area contributed by atoms with Crippen molar-refractivity contribution in [2.75, 3.05) is 13.2 Å². The first kappa shape index (κ1) is 22.3. The van der Waals surface area contributed by atoms with Crippen LogP contribution in [0.2, 0.25) is 0 Å². The molecular weight excluding hydrogens is 394 g/mol. The van der Waals surface area contributed by atoms with Gasteiger partial charge in [0.15, 0.2) is 17.3 Å². The molecule has 3 aromatic rings. The second kappa shape index (κ2) is 10.6. The fourth-order valence-electron chi connectivity index (χ4n) is 2.99. The lowest BCUT2D eigenvalue weighted by molar-refractivity contribution is 0.0940. The highest BCUT2D eigenvalue weighted by Gasteiger charge is 2.15. The summed E-state index contributed by atoms with van der Waals surface area (Å²) in [6, 6.07) is 12.7. The molecule has 0 spiro atoms. The molecule has 1 atom stereocenters. The number of benzene rings is 2. The summed E-state index contributed by atoms with van der Waals surface area (Å²) in [6.07, 6.45) is 1.83. The number of carbonyl (C=O) groups excluding carboxylic acids is 1. The molecular formula is C24H29N3O4. The minimum atomic E-state index is -0.199. The number of hydrogen-bond acceptors (Lipinski definition) is 6. The van der Waals surface area contributed by atoms with E-state index in [2.05, 4.69) is 29.3 Å². The van der Waals surface area contributed by atoms with Gasteiger partial charge in [-0.2, -0.15) is 4.98 Å². The SMILES string of the molecule is CCCOc1ccc(C(C)NC(=O)c2ccc(-c3nc(C)no3)cc2)cc1OCCC. The van der Waals surface area contributed by atoms with Crippen molar-refractivity contribution in [1.29, 1.82) is 0 Å². The van der Waals surface area contributed by atoms with E-state index in [0.717, 1.165) is 29.7 Å². The van der Waals surface area contributed by atoms with Crippen LogP contribution in [0.1, 0.15) is 61.4 Å². The molecule has 3 rings (SSSR count). The second-order valence-corrected chi connectivity index (χ2v) is 7.32. The van der Waals surface area contributed by atoms with E-state index in [1.165, 1.54) is 0 Å². The maximum absolute atomic E-state index is 12.7. The third-order valence-electron chi connectivity index (χ3n) is 4.66. The van der Waals surface area contributed by atoms with E-state index in [1.54, 1.807) is 31.2 Å². The molecule has 0 aliphatic carbocycles. The monoisotopic (exact) mass is 423 g/mol. The lowest BCUT2D eigenvalue weighted by Gasteiger charge is -2.18. The molecule has 0 bridgehead atoms. The summed E-state index contributed by atoms with van der Waals surface area (Å²) in [7, 11) is 0. The quantitative estimate of drug-likeness (QED) is 0.487. The second-order valence-electron chi connectivity index (χ2n) is 7.32. The fourth-order valence-corrected chi connectivity index (χ4v) is 2.99. The van der Waals surface area contributed by atoms with Gasteiger partial charge in [-0.3, -0.25) is 4.79 Å². The van der Waals surface area contributed by atoms with Crippen LogP contribution in [-0.2, 0) is 0 Å². The molecule has 31 heavy (non-hydrogen) atoms. The summed E-state index contributed by atoms with van der Waals surface area (Å²) in [5.41, 5.74) is 2.27. The predicted octanol–water partition coefficient (Wildman–Crippen LogP) is 5.11. The standard InChI is InChI=1S/C24H29N3O4/c1-5-13-29-21-12-11-20(15-22(21)30-14-6-2)16(3)25-23(28)18-7-9-19(10-8-18)24-26-17(4)27-31-24/h7-12,15-16H,5-6,13-14H2,1-4H3,(H,25,28). The highest BCUT2D eigenvalue weighted by molar-refractivity contribution is 5.94. The van der Waals surface area contributed by atoms with Gasteiger partial charge >= 0.3 is 0 Å². The van der Waals surface area contributed by atoms with E-state index in [1.807, 2.05) is 25.1 Å². The molecule has 164 valence electrons. The summed E-state index contributed by atoms with van der Waals surface area (Å²) >= 11 is 0. The number of amides is 1. The van der Waals surface area contributed by atoms with Crippen molar-refractivity contribution in [2.45, 2.75) is 46.6 Å². The van der Waals surface area contributed by atoms with Crippen molar-refractivity contribution in [1.82, 2.24) is 15.5 Å². The molecule has 0 saturated heterocycles. The first-order chi connectivity index (χ1) is 15.0. The molecule has 0 fully saturated rings. The average molecular weight is 424 g/mol. The summed E-state index contributed by atoms with van der Waals surface area (Å²) in [6.45, 7) is 9.07. The van der Waals surface area contributed by atoms with Crippen LogP contribution < -0.4 is 14.8 Å². The van der Waals surface area contributed by atoms with Gasteiger partial charge in [0.1, 0.15) is 0 Å². The Hall–Kier alpha value is -3.35. The zero-order valence-electron chi connectivity index (χ0n) is 18.5. The van der Waals surface area contributed by atoms with Gasteiger partial charge in [0, 0.05) is 11.1 Å². The summed E-state index contributed by atoms with van der Waals surface area (Å²) in [5.74, 6) is 2.27. The van der Waals surface area contributed by atoms with Gasteiger partial charge in [-0.25, -0.2) is 0 Å². The van der Waals surface area contributed by atoms with Crippen LogP contribution in [0.5, 0.6) is 11.5 Å². The van der Waals surface area contributed by atoms with Crippen LogP contribution in [0.25, 0.3) is 11.5 Å². The number of nitrogens with one attached hydrogen (secondary N) is 1. The van der Waals surface area contributed by atoms with Crippen molar-refractivity contribution < 1.29 is 18.8 Å². The Morgan fingerprint density at radius 1 is 1.03 bits per heavy atom. The van der Waals surface area contributed by atoms with Gasteiger partial charge in [0.2, 0.25) is 0 Å². The Balaban J connectivity index is 1.69. The van der Waals surface area contributed by atoms with Crippen molar-refractivity contribution in [2.24, 2.45) is 0 Å². The van der Waals surface area contributed by atoms with E-state index in [0.29, 0.717) is 36.2 Å². The molecule has 7 nitrogen and oxygen atoms in total. The fraction of sp³-hybridized carbons (Fsp3) is 0.375. The third-order valence-corrected chi connectivity index (χ3v) is 4.66. The smallest absolute Gasteiger partial charge is 0.257 e. The number of aromatic nitrogens is 2. The molecule has 1 unspecified atom stereocenters. The molecule has 1 heterocycles. The topological polar surface area (TPSA) is 86.5 Å². The molecule has 1 N–H and O–H groups in total. The van der Waals surface area contributed by atoms with Gasteiger partial charge in [0.05, 0.1) is 19.3 Å². The minimum Gasteiger partial charge on any atom is -0.490 e. The maximum Gasteiger partial charge on any atom is 0.257 e. The van der Waals surface area contributed by atoms with Crippen molar-refractivity contribution in [3.05, 3.63) is 59.4 Å². The molecule has 0 aliphatic heterocycles. The Labute approximate surface area is 182 Å². The van der Waals surface area contributed by atoms with Crippen molar-refractivity contribution in [3.63, 3.8) is 0 Å². The molecule has 1 aromatic heterocycles. The molecule has 0 aliphatic rings. The first-order valence-corrected chi connectivity index (χ1v) is 10.6. The maximum atomic E-state index is 12.7. The summed E-state index contributed by atoms with van der Waals surface area (Å²) in [5, 5.41) is 6.82. The lowest BCUT2D eigenvalue weighted by atomic mass is 10.1. The van der Waals surface area contributed by atoms with Crippen LogP contribution in [0.3, 0.4) is 0 Å². The van der Waals surface area contributed by atoms with Gasteiger partial charge in [-0.05, 0) is 68.7 Å². The van der Waals surface area contributed by atoms with Gasteiger partial charge in [0.25, 0.3) is 11.8 Å². The Kier molecular flexibility index (Phi) is 7.65. The van der Waals surface area contributed by atoms with Crippen LogP contribution in [-0.4, -0.2) is 29.3 Å². The van der Waals surface area contributed by atoms with Crippen LogP contribution in [0.15, 0.2) is 47.0 Å². The Morgan fingerprint density at radius 2 is 1.71 bits per heavy atom. The largest absolute Gasteiger partial charge is 0.490 e. The highest BCUT2D eigenvalue weighted by Crippen LogP contribution is 2.31. The average Bonchev–Trinajstić information content (AvgIpc) is 3.22. The summed E-state index contributed by atoms with van der Waals surface area (Å²) in [4.78, 5) is 16.9. The number of carbonyl (C=O) groups is 1. The minimum absolute atomic E-state index is 0.164. The molecule has 2 aromatic carbocycles. The van der Waals surface area contributed by atoms with Crippen LogP contribution in [0, 0.1) is 6.92 Å². The Bertz CT molecular complexity index is 998. The van der Waals surface area contributed by atoms with E-state index in [-0.39, 0.29) is 11.9 Å². The molecule has 7 heteroatoms. The van der Waals surface area contributed by atoms with Gasteiger partial charge < -0.3 is 19.3 Å². The zero-order valence-corrected chi connectivity index (χ0v) is 18.5. The summed E-state index contributed by atoms with van der Waals surface area (Å²) < 4.78 is 16.8. The highest BCUT2D eigenvalue weighted by atomic mass is 16.5. The van der Waals surface area contributed by atoms with Crippen molar-refractivity contribution in [3.8, 4) is 23.0 Å². The van der Waals surface area contributed by atoms with E-state index < -0.39 is 0 Å². The number of aryl methyl sites for hydroxylation is 1. The third kappa shape index (κ3) is 5.84. The predicted molar refractivity (Wildman–Crippen MR) is 118 cm³/mol. The van der Waals surface area contributed by atoms with Gasteiger partial charge in [-0.1, -0.05) is 25.1 Å². The number of ether oxygens (including phenoxy) is 2. The van der Waals surface area contributed by atoms with E-state index in [9.17, 15) is 4.79 Å². The van der Waals surface area contributed by atoms with Crippen LogP contribution >= 0.6 is 0 Å². The van der Waals surface area contributed by atoms with Gasteiger partial charge in [-0.15, -0.1) is 0 Å². The Morgan fingerprint density at radius 3 is 2.32 bits per heavy atom. The lowest BCUT2D eigenvalue weighted by Crippen LogP contribution is -2.26. The molecule has 0 saturated carbocycles. The molecule has 1 amide bonds. The normalized spacial score (nSPS) is 11.7. The van der Waals surface area contributed by atoms with Crippen molar-refractivity contribution >= 4 is 5.91 Å². The first-order valence-electron chi connectivity index (χ1n) is 10.6. The zero-order chi connectivity index (χ0) is 22.2. The number of nitrogens with zero attached hydrogens (tertiary/aromatic N) is 2.